The quantitative estimate of drug-likeness (QED) is 0.843. The number of pyridine rings is 1. The molecule has 1 aliphatic heterocycles. The Bertz CT molecular complexity index is 314. The molecule has 3 heteroatoms. The second-order valence-electron chi connectivity index (χ2n) is 4.62. The number of aromatic nitrogens is 1. The molecule has 0 bridgehead atoms. The van der Waals surface area contributed by atoms with Gasteiger partial charge in [-0.2, -0.15) is 0 Å². The fraction of sp³-hybridized carbons (Fsp3) is 0.615. The monoisotopic (exact) mass is 219 g/mol. The lowest BCUT2D eigenvalue weighted by Gasteiger charge is -2.17. The molecule has 0 radical (unpaired) electrons. The van der Waals surface area contributed by atoms with E-state index in [0.29, 0.717) is 5.92 Å². The molecule has 1 atom stereocenters. The van der Waals surface area contributed by atoms with Crippen LogP contribution < -0.4 is 10.6 Å². The standard InChI is InChI=1S/C13H21N3/c1-11(6-7-14)12-4-5-13(15-10-12)16-8-2-3-9-16/h4-5,10-11H,2-3,6-9,14H2,1H3. The summed E-state index contributed by atoms with van der Waals surface area (Å²) >= 11 is 0. The van der Waals surface area contributed by atoms with Crippen molar-refractivity contribution in [1.82, 2.24) is 4.98 Å². The van der Waals surface area contributed by atoms with Crippen molar-refractivity contribution in [1.29, 1.82) is 0 Å². The number of hydrogen-bond acceptors (Lipinski definition) is 3. The van der Waals surface area contributed by atoms with Crippen molar-refractivity contribution < 1.29 is 0 Å². The summed E-state index contributed by atoms with van der Waals surface area (Å²) < 4.78 is 0. The van der Waals surface area contributed by atoms with Crippen molar-refractivity contribution in [3.8, 4) is 0 Å². The van der Waals surface area contributed by atoms with E-state index in [0.717, 1.165) is 31.9 Å². The maximum absolute atomic E-state index is 5.57. The summed E-state index contributed by atoms with van der Waals surface area (Å²) in [5, 5.41) is 0. The fourth-order valence-electron chi connectivity index (χ4n) is 2.24. The van der Waals surface area contributed by atoms with Crippen LogP contribution in [0.1, 0.15) is 37.7 Å². The molecule has 1 aliphatic rings. The summed E-state index contributed by atoms with van der Waals surface area (Å²) in [5.41, 5.74) is 6.87. The average molecular weight is 219 g/mol. The highest BCUT2D eigenvalue weighted by atomic mass is 15.2. The lowest BCUT2D eigenvalue weighted by molar-refractivity contribution is 0.687. The Morgan fingerprint density at radius 3 is 2.69 bits per heavy atom. The molecule has 1 unspecified atom stereocenters. The Hall–Kier alpha value is -1.09. The molecule has 1 aromatic heterocycles. The van der Waals surface area contributed by atoms with Crippen molar-refractivity contribution in [2.75, 3.05) is 24.5 Å². The van der Waals surface area contributed by atoms with Crippen molar-refractivity contribution in [3.05, 3.63) is 23.9 Å². The van der Waals surface area contributed by atoms with Crippen LogP contribution in [0, 0.1) is 0 Å². The smallest absolute Gasteiger partial charge is 0.128 e. The second kappa shape index (κ2) is 5.30. The van der Waals surface area contributed by atoms with E-state index in [2.05, 4.69) is 28.9 Å². The molecule has 16 heavy (non-hydrogen) atoms. The SMILES string of the molecule is CC(CCN)c1ccc(N2CCCC2)nc1. The van der Waals surface area contributed by atoms with E-state index in [1.165, 1.54) is 18.4 Å². The highest BCUT2D eigenvalue weighted by molar-refractivity contribution is 5.40. The van der Waals surface area contributed by atoms with Gasteiger partial charge in [0.15, 0.2) is 0 Å². The van der Waals surface area contributed by atoms with Gasteiger partial charge in [-0.3, -0.25) is 0 Å². The first-order valence-electron chi connectivity index (χ1n) is 6.22. The highest BCUT2D eigenvalue weighted by Gasteiger charge is 2.13. The molecule has 1 saturated heterocycles. The molecule has 3 nitrogen and oxygen atoms in total. The number of hydrogen-bond donors (Lipinski definition) is 1. The number of nitrogens with two attached hydrogens (primary N) is 1. The minimum atomic E-state index is 0.519. The molecule has 0 aliphatic carbocycles. The van der Waals surface area contributed by atoms with Gasteiger partial charge in [-0.05, 0) is 43.4 Å². The number of rotatable bonds is 4. The first-order chi connectivity index (χ1) is 7.81. The van der Waals surface area contributed by atoms with Gasteiger partial charge >= 0.3 is 0 Å². The molecule has 0 amide bonds. The van der Waals surface area contributed by atoms with Crippen LogP contribution in [0.25, 0.3) is 0 Å². The zero-order valence-corrected chi connectivity index (χ0v) is 10.0. The molecule has 2 N–H and O–H groups in total. The maximum atomic E-state index is 5.57. The van der Waals surface area contributed by atoms with Gasteiger partial charge in [-0.1, -0.05) is 13.0 Å². The van der Waals surface area contributed by atoms with Crippen molar-refractivity contribution >= 4 is 5.82 Å². The molecular weight excluding hydrogens is 198 g/mol. The molecule has 2 heterocycles. The Balaban J connectivity index is 2.03. The van der Waals surface area contributed by atoms with E-state index >= 15 is 0 Å². The number of nitrogens with zero attached hydrogens (tertiary/aromatic N) is 2. The van der Waals surface area contributed by atoms with Crippen molar-refractivity contribution in [2.45, 2.75) is 32.1 Å². The minimum Gasteiger partial charge on any atom is -0.357 e. The molecular formula is C13H21N3. The van der Waals surface area contributed by atoms with E-state index in [4.69, 9.17) is 5.73 Å². The molecule has 0 saturated carbocycles. The lowest BCUT2D eigenvalue weighted by Crippen LogP contribution is -2.18. The topological polar surface area (TPSA) is 42.1 Å². The van der Waals surface area contributed by atoms with Gasteiger partial charge in [-0.25, -0.2) is 4.98 Å². The predicted octanol–water partition coefficient (Wildman–Crippen LogP) is 2.13. The zero-order valence-electron chi connectivity index (χ0n) is 10.0. The van der Waals surface area contributed by atoms with Crippen LogP contribution in [0.4, 0.5) is 5.82 Å². The molecule has 1 aromatic rings. The van der Waals surface area contributed by atoms with Gasteiger partial charge in [0.25, 0.3) is 0 Å². The first-order valence-corrected chi connectivity index (χ1v) is 6.22. The van der Waals surface area contributed by atoms with Gasteiger partial charge in [0.05, 0.1) is 0 Å². The van der Waals surface area contributed by atoms with Crippen LogP contribution in [0.15, 0.2) is 18.3 Å². The van der Waals surface area contributed by atoms with Crippen LogP contribution in [0.2, 0.25) is 0 Å². The van der Waals surface area contributed by atoms with E-state index in [-0.39, 0.29) is 0 Å². The molecule has 0 spiro atoms. The largest absolute Gasteiger partial charge is 0.357 e. The third-order valence-electron chi connectivity index (χ3n) is 3.37. The summed E-state index contributed by atoms with van der Waals surface area (Å²) in [6.07, 6.45) is 5.64. The fourth-order valence-corrected chi connectivity index (χ4v) is 2.24. The van der Waals surface area contributed by atoms with E-state index < -0.39 is 0 Å². The van der Waals surface area contributed by atoms with Gasteiger partial charge < -0.3 is 10.6 Å². The third-order valence-corrected chi connectivity index (χ3v) is 3.37. The maximum Gasteiger partial charge on any atom is 0.128 e. The summed E-state index contributed by atoms with van der Waals surface area (Å²) in [6.45, 7) is 5.27. The second-order valence-corrected chi connectivity index (χ2v) is 4.62. The Labute approximate surface area is 97.7 Å². The average Bonchev–Trinajstić information content (AvgIpc) is 2.83. The Kier molecular flexibility index (Phi) is 3.78. The van der Waals surface area contributed by atoms with Gasteiger partial charge in [-0.15, -0.1) is 0 Å². The molecule has 0 aromatic carbocycles. The summed E-state index contributed by atoms with van der Waals surface area (Å²) in [4.78, 5) is 6.91. The normalized spacial score (nSPS) is 17.8. The molecule has 88 valence electrons. The Morgan fingerprint density at radius 2 is 2.12 bits per heavy atom. The zero-order chi connectivity index (χ0) is 11.4. The van der Waals surface area contributed by atoms with Gasteiger partial charge in [0.2, 0.25) is 0 Å². The van der Waals surface area contributed by atoms with Crippen LogP contribution in [-0.2, 0) is 0 Å². The summed E-state index contributed by atoms with van der Waals surface area (Å²) in [6, 6.07) is 4.34. The van der Waals surface area contributed by atoms with Crippen molar-refractivity contribution in [2.24, 2.45) is 5.73 Å². The van der Waals surface area contributed by atoms with Gasteiger partial charge in [0.1, 0.15) is 5.82 Å². The Morgan fingerprint density at radius 1 is 1.38 bits per heavy atom. The number of anilines is 1. The third kappa shape index (κ3) is 2.53. The lowest BCUT2D eigenvalue weighted by atomic mass is 10.00. The molecule has 2 rings (SSSR count). The summed E-state index contributed by atoms with van der Waals surface area (Å²) in [5.74, 6) is 1.64. The predicted molar refractivity (Wildman–Crippen MR) is 67.8 cm³/mol. The van der Waals surface area contributed by atoms with Crippen LogP contribution >= 0.6 is 0 Å². The summed E-state index contributed by atoms with van der Waals surface area (Å²) in [7, 11) is 0. The molecule has 1 fully saturated rings. The first kappa shape index (κ1) is 11.4. The van der Waals surface area contributed by atoms with Crippen molar-refractivity contribution in [3.63, 3.8) is 0 Å². The van der Waals surface area contributed by atoms with Gasteiger partial charge in [0, 0.05) is 19.3 Å². The van der Waals surface area contributed by atoms with E-state index in [1.807, 2.05) is 6.20 Å². The highest BCUT2D eigenvalue weighted by Crippen LogP contribution is 2.22. The van der Waals surface area contributed by atoms with Crippen LogP contribution in [0.3, 0.4) is 0 Å². The van der Waals surface area contributed by atoms with Crippen LogP contribution in [0.5, 0.6) is 0 Å². The van der Waals surface area contributed by atoms with E-state index in [9.17, 15) is 0 Å². The minimum absolute atomic E-state index is 0.519. The van der Waals surface area contributed by atoms with E-state index in [1.54, 1.807) is 0 Å². The van der Waals surface area contributed by atoms with Crippen LogP contribution in [-0.4, -0.2) is 24.6 Å².